The first-order valence-electron chi connectivity index (χ1n) is 3.86. The second kappa shape index (κ2) is 5.01. The topological polar surface area (TPSA) is 59.9 Å². The van der Waals surface area contributed by atoms with Crippen molar-refractivity contribution in [2.45, 2.75) is 0 Å². The van der Waals surface area contributed by atoms with E-state index >= 15 is 0 Å². The normalized spacial score (nSPS) is 10.0. The van der Waals surface area contributed by atoms with Crippen LogP contribution in [0.15, 0.2) is 29.3 Å². The molecule has 0 N–H and O–H groups in total. The molecule has 0 bridgehead atoms. The van der Waals surface area contributed by atoms with E-state index in [4.69, 9.17) is 22.1 Å². The standard InChI is InChI=1S/C10H6ClN3/c11-9-3-1-2-4-10(9)14-7-8(5-12)6-13/h1-4,7-8H. The smallest absolute Gasteiger partial charge is 0.168 e. The quantitative estimate of drug-likeness (QED) is 0.694. The summed E-state index contributed by atoms with van der Waals surface area (Å²) >= 11 is 5.81. The van der Waals surface area contributed by atoms with Crippen LogP contribution in [0.1, 0.15) is 0 Å². The summed E-state index contributed by atoms with van der Waals surface area (Å²) in [6.07, 6.45) is 1.28. The van der Waals surface area contributed by atoms with Gasteiger partial charge in [0.25, 0.3) is 0 Å². The molecule has 0 aliphatic rings. The monoisotopic (exact) mass is 203 g/mol. The summed E-state index contributed by atoms with van der Waals surface area (Å²) < 4.78 is 0. The van der Waals surface area contributed by atoms with Gasteiger partial charge in [0.2, 0.25) is 0 Å². The zero-order valence-corrected chi connectivity index (χ0v) is 7.94. The second-order valence-electron chi connectivity index (χ2n) is 2.47. The highest BCUT2D eigenvalue weighted by atomic mass is 35.5. The molecule has 0 saturated heterocycles. The number of benzene rings is 1. The lowest BCUT2D eigenvalue weighted by Crippen LogP contribution is -1.92. The van der Waals surface area contributed by atoms with E-state index in [1.165, 1.54) is 6.21 Å². The van der Waals surface area contributed by atoms with Gasteiger partial charge in [-0.1, -0.05) is 23.7 Å². The zero-order valence-electron chi connectivity index (χ0n) is 7.18. The maximum atomic E-state index is 8.48. The molecular formula is C10H6ClN3. The van der Waals surface area contributed by atoms with E-state index in [1.807, 2.05) is 0 Å². The summed E-state index contributed by atoms with van der Waals surface area (Å²) in [6, 6.07) is 10.6. The fraction of sp³-hybridized carbons (Fsp3) is 0.100. The lowest BCUT2D eigenvalue weighted by molar-refractivity contribution is 1.17. The average Bonchev–Trinajstić information content (AvgIpc) is 2.22. The number of hydrogen-bond acceptors (Lipinski definition) is 3. The molecule has 0 saturated carbocycles. The summed E-state index contributed by atoms with van der Waals surface area (Å²) in [5.41, 5.74) is 0.560. The molecule has 0 spiro atoms. The van der Waals surface area contributed by atoms with Gasteiger partial charge in [-0.3, -0.25) is 4.99 Å². The number of rotatable bonds is 2. The van der Waals surface area contributed by atoms with Gasteiger partial charge in [-0.15, -0.1) is 0 Å². The maximum absolute atomic E-state index is 8.48. The minimum atomic E-state index is -0.828. The third kappa shape index (κ3) is 2.58. The summed E-state index contributed by atoms with van der Waals surface area (Å²) in [4.78, 5) is 3.95. The summed E-state index contributed by atoms with van der Waals surface area (Å²) in [7, 11) is 0. The van der Waals surface area contributed by atoms with Crippen molar-refractivity contribution in [3.63, 3.8) is 0 Å². The minimum Gasteiger partial charge on any atom is -0.257 e. The van der Waals surface area contributed by atoms with Crippen molar-refractivity contribution in [1.29, 1.82) is 10.5 Å². The molecule has 1 rings (SSSR count). The highest BCUT2D eigenvalue weighted by Gasteiger charge is 2.00. The third-order valence-corrected chi connectivity index (χ3v) is 1.81. The number of para-hydroxylation sites is 1. The van der Waals surface area contributed by atoms with E-state index < -0.39 is 5.92 Å². The molecule has 0 aliphatic carbocycles. The van der Waals surface area contributed by atoms with Crippen molar-refractivity contribution in [3.8, 4) is 12.1 Å². The van der Waals surface area contributed by atoms with Gasteiger partial charge < -0.3 is 0 Å². The number of nitrogens with zero attached hydrogens (tertiary/aromatic N) is 3. The van der Waals surface area contributed by atoms with Crippen molar-refractivity contribution in [3.05, 3.63) is 29.3 Å². The summed E-state index contributed by atoms with van der Waals surface area (Å²) in [6.45, 7) is 0. The Morgan fingerprint density at radius 3 is 2.50 bits per heavy atom. The number of nitriles is 2. The van der Waals surface area contributed by atoms with E-state index in [1.54, 1.807) is 36.4 Å². The second-order valence-corrected chi connectivity index (χ2v) is 2.87. The molecule has 0 fully saturated rings. The molecule has 0 amide bonds. The fourth-order valence-corrected chi connectivity index (χ4v) is 0.991. The van der Waals surface area contributed by atoms with Crippen molar-refractivity contribution in [2.75, 3.05) is 0 Å². The molecular weight excluding hydrogens is 198 g/mol. The van der Waals surface area contributed by atoms with Crippen molar-refractivity contribution >= 4 is 23.5 Å². The van der Waals surface area contributed by atoms with E-state index in [-0.39, 0.29) is 0 Å². The highest BCUT2D eigenvalue weighted by Crippen LogP contribution is 2.23. The van der Waals surface area contributed by atoms with Crippen LogP contribution >= 0.6 is 11.6 Å². The predicted octanol–water partition coefficient (Wildman–Crippen LogP) is 2.71. The molecule has 68 valence electrons. The Balaban J connectivity index is 2.86. The minimum absolute atomic E-state index is 0.498. The largest absolute Gasteiger partial charge is 0.257 e. The number of aliphatic imine (C=N–C) groups is 1. The molecule has 0 aromatic heterocycles. The van der Waals surface area contributed by atoms with Gasteiger partial charge in [0.05, 0.1) is 22.8 Å². The molecule has 0 aliphatic heterocycles. The first-order valence-corrected chi connectivity index (χ1v) is 4.23. The van der Waals surface area contributed by atoms with Crippen LogP contribution in [0.25, 0.3) is 0 Å². The number of halogens is 1. The fourth-order valence-electron chi connectivity index (χ4n) is 0.807. The van der Waals surface area contributed by atoms with Gasteiger partial charge in [0, 0.05) is 6.21 Å². The van der Waals surface area contributed by atoms with Crippen LogP contribution in [-0.2, 0) is 0 Å². The average molecular weight is 204 g/mol. The Hall–Kier alpha value is -1.84. The van der Waals surface area contributed by atoms with Gasteiger partial charge in [0.15, 0.2) is 5.92 Å². The Morgan fingerprint density at radius 1 is 1.29 bits per heavy atom. The maximum Gasteiger partial charge on any atom is 0.168 e. The van der Waals surface area contributed by atoms with Gasteiger partial charge in [-0.2, -0.15) is 10.5 Å². The molecule has 3 nitrogen and oxygen atoms in total. The molecule has 0 atom stereocenters. The lowest BCUT2D eigenvalue weighted by Gasteiger charge is -1.95. The van der Waals surface area contributed by atoms with Crippen LogP contribution in [-0.4, -0.2) is 6.21 Å². The van der Waals surface area contributed by atoms with Crippen LogP contribution in [0.5, 0.6) is 0 Å². The van der Waals surface area contributed by atoms with Crippen LogP contribution in [0.2, 0.25) is 5.02 Å². The highest BCUT2D eigenvalue weighted by molar-refractivity contribution is 6.33. The van der Waals surface area contributed by atoms with E-state index in [9.17, 15) is 0 Å². The van der Waals surface area contributed by atoms with E-state index in [0.29, 0.717) is 10.7 Å². The third-order valence-electron chi connectivity index (χ3n) is 1.49. The molecule has 1 aromatic carbocycles. The lowest BCUT2D eigenvalue weighted by atomic mass is 10.2. The van der Waals surface area contributed by atoms with Crippen LogP contribution < -0.4 is 0 Å². The summed E-state index contributed by atoms with van der Waals surface area (Å²) in [5.74, 6) is -0.828. The first-order chi connectivity index (χ1) is 6.77. The predicted molar refractivity (Wildman–Crippen MR) is 54.3 cm³/mol. The molecule has 4 heteroatoms. The molecule has 0 heterocycles. The van der Waals surface area contributed by atoms with Gasteiger partial charge >= 0.3 is 0 Å². The Labute approximate surface area is 86.9 Å². The molecule has 1 aromatic rings. The van der Waals surface area contributed by atoms with Crippen molar-refractivity contribution in [2.24, 2.45) is 10.9 Å². The SMILES string of the molecule is N#CC(C#N)C=Nc1ccccc1Cl. The Bertz CT molecular complexity index is 412. The molecule has 14 heavy (non-hydrogen) atoms. The van der Waals surface area contributed by atoms with E-state index in [0.717, 1.165) is 0 Å². The van der Waals surface area contributed by atoms with Crippen molar-refractivity contribution < 1.29 is 0 Å². The zero-order chi connectivity index (χ0) is 10.4. The van der Waals surface area contributed by atoms with Crippen LogP contribution in [0, 0.1) is 28.6 Å². The summed E-state index contributed by atoms with van der Waals surface area (Å²) in [5, 5.41) is 17.5. The first kappa shape index (κ1) is 10.2. The van der Waals surface area contributed by atoms with Crippen LogP contribution in [0.4, 0.5) is 5.69 Å². The van der Waals surface area contributed by atoms with Gasteiger partial charge in [-0.25, -0.2) is 0 Å². The van der Waals surface area contributed by atoms with E-state index in [2.05, 4.69) is 4.99 Å². The molecule has 0 unspecified atom stereocenters. The molecule has 0 radical (unpaired) electrons. The van der Waals surface area contributed by atoms with Crippen molar-refractivity contribution in [1.82, 2.24) is 0 Å². The number of hydrogen-bond donors (Lipinski definition) is 0. The Kier molecular flexibility index (Phi) is 3.67. The Morgan fingerprint density at radius 2 is 1.93 bits per heavy atom. The van der Waals surface area contributed by atoms with Crippen LogP contribution in [0.3, 0.4) is 0 Å². The van der Waals surface area contributed by atoms with Gasteiger partial charge in [-0.05, 0) is 12.1 Å². The van der Waals surface area contributed by atoms with Gasteiger partial charge in [0.1, 0.15) is 0 Å².